The van der Waals surface area contributed by atoms with Crippen molar-refractivity contribution >= 4 is 46.5 Å². The Morgan fingerprint density at radius 2 is 1.59 bits per heavy atom. The van der Waals surface area contributed by atoms with E-state index in [0.717, 1.165) is 0 Å². The van der Waals surface area contributed by atoms with Crippen LogP contribution in [0.15, 0.2) is 42.5 Å². The lowest BCUT2D eigenvalue weighted by Crippen LogP contribution is -2.32. The molecule has 2 aromatic carbocycles. The van der Waals surface area contributed by atoms with Crippen LogP contribution >= 0.6 is 34.8 Å². The monoisotopic (exact) mass is 358 g/mol. The van der Waals surface area contributed by atoms with Gasteiger partial charge < -0.3 is 15.4 Å². The zero-order valence-corrected chi connectivity index (χ0v) is 13.7. The van der Waals surface area contributed by atoms with Crippen LogP contribution in [0.5, 0.6) is 5.75 Å². The fourth-order valence-corrected chi connectivity index (χ4v) is 2.32. The van der Waals surface area contributed by atoms with E-state index in [4.69, 9.17) is 39.5 Å². The molecule has 0 atom stereocenters. The van der Waals surface area contributed by atoms with Crippen molar-refractivity contribution in [3.8, 4) is 5.75 Å². The summed E-state index contributed by atoms with van der Waals surface area (Å²) in [7, 11) is 0. The maximum Gasteiger partial charge on any atom is 0.319 e. The second-order valence-electron chi connectivity index (χ2n) is 4.34. The van der Waals surface area contributed by atoms with Gasteiger partial charge in [0.25, 0.3) is 0 Å². The zero-order chi connectivity index (χ0) is 15.9. The van der Waals surface area contributed by atoms with Gasteiger partial charge >= 0.3 is 6.03 Å². The average molecular weight is 360 g/mol. The van der Waals surface area contributed by atoms with Gasteiger partial charge in [-0.05, 0) is 42.5 Å². The van der Waals surface area contributed by atoms with Crippen molar-refractivity contribution in [3.05, 3.63) is 57.5 Å². The fourth-order valence-electron chi connectivity index (χ4n) is 1.67. The predicted molar refractivity (Wildman–Crippen MR) is 90.4 cm³/mol. The van der Waals surface area contributed by atoms with Crippen LogP contribution < -0.4 is 15.4 Å². The molecule has 0 fully saturated rings. The molecule has 2 aromatic rings. The summed E-state index contributed by atoms with van der Waals surface area (Å²) in [6, 6.07) is 11.4. The van der Waals surface area contributed by atoms with Crippen LogP contribution in [0.2, 0.25) is 15.1 Å². The van der Waals surface area contributed by atoms with E-state index in [9.17, 15) is 4.79 Å². The van der Waals surface area contributed by atoms with Crippen LogP contribution in [0.4, 0.5) is 10.5 Å². The molecule has 4 nitrogen and oxygen atoms in total. The van der Waals surface area contributed by atoms with Crippen molar-refractivity contribution in [1.29, 1.82) is 0 Å². The molecule has 2 N–H and O–H groups in total. The minimum Gasteiger partial charge on any atom is -0.492 e. The summed E-state index contributed by atoms with van der Waals surface area (Å²) in [6.07, 6.45) is 0. The molecule has 116 valence electrons. The van der Waals surface area contributed by atoms with Gasteiger partial charge in [-0.3, -0.25) is 0 Å². The van der Waals surface area contributed by atoms with Crippen LogP contribution in [0.25, 0.3) is 0 Å². The zero-order valence-electron chi connectivity index (χ0n) is 11.4. The Morgan fingerprint density at radius 1 is 0.955 bits per heavy atom. The number of halogens is 3. The Hall–Kier alpha value is -1.62. The smallest absolute Gasteiger partial charge is 0.319 e. The lowest BCUT2D eigenvalue weighted by atomic mass is 10.3. The average Bonchev–Trinajstić information content (AvgIpc) is 2.44. The number of hydrogen-bond acceptors (Lipinski definition) is 2. The molecule has 7 heteroatoms. The van der Waals surface area contributed by atoms with E-state index in [1.54, 1.807) is 42.5 Å². The van der Waals surface area contributed by atoms with E-state index in [1.165, 1.54) is 0 Å². The summed E-state index contributed by atoms with van der Waals surface area (Å²) in [5, 5.41) is 6.85. The van der Waals surface area contributed by atoms with E-state index in [-0.39, 0.29) is 6.03 Å². The largest absolute Gasteiger partial charge is 0.492 e. The third-order valence-corrected chi connectivity index (χ3v) is 3.28. The highest BCUT2D eigenvalue weighted by atomic mass is 35.5. The number of ether oxygens (including phenoxy) is 1. The Labute approximate surface area is 143 Å². The Kier molecular flexibility index (Phi) is 6.19. The molecule has 0 aromatic heterocycles. The molecule has 0 heterocycles. The second kappa shape index (κ2) is 8.13. The number of carbonyl (C=O) groups excluding carboxylic acids is 1. The summed E-state index contributed by atoms with van der Waals surface area (Å²) in [4.78, 5) is 11.7. The van der Waals surface area contributed by atoms with Gasteiger partial charge in [-0.2, -0.15) is 0 Å². The van der Waals surface area contributed by atoms with E-state index < -0.39 is 0 Å². The molecule has 22 heavy (non-hydrogen) atoms. The fraction of sp³-hybridized carbons (Fsp3) is 0.133. The third kappa shape index (κ3) is 5.64. The first-order chi connectivity index (χ1) is 10.5. The van der Waals surface area contributed by atoms with Crippen molar-refractivity contribution in [2.75, 3.05) is 18.5 Å². The number of rotatable bonds is 5. The van der Waals surface area contributed by atoms with E-state index >= 15 is 0 Å². The van der Waals surface area contributed by atoms with Crippen LogP contribution in [0, 0.1) is 0 Å². The van der Waals surface area contributed by atoms with Gasteiger partial charge in [0, 0.05) is 20.8 Å². The molecule has 0 aliphatic heterocycles. The molecule has 0 aliphatic rings. The third-order valence-electron chi connectivity index (χ3n) is 2.59. The number of hydrogen-bond donors (Lipinski definition) is 2. The minimum atomic E-state index is -0.363. The highest BCUT2D eigenvalue weighted by Gasteiger charge is 2.03. The van der Waals surface area contributed by atoms with E-state index in [2.05, 4.69) is 10.6 Å². The Balaban J connectivity index is 1.72. The Morgan fingerprint density at radius 3 is 2.23 bits per heavy atom. The summed E-state index contributed by atoms with van der Waals surface area (Å²) < 4.78 is 5.46. The summed E-state index contributed by atoms with van der Waals surface area (Å²) in [6.45, 7) is 0.689. The highest BCUT2D eigenvalue weighted by molar-refractivity contribution is 6.35. The first-order valence-corrected chi connectivity index (χ1v) is 7.55. The van der Waals surface area contributed by atoms with Gasteiger partial charge in [0.15, 0.2) is 0 Å². The highest BCUT2D eigenvalue weighted by Crippen LogP contribution is 2.22. The minimum absolute atomic E-state index is 0.339. The topological polar surface area (TPSA) is 50.4 Å². The van der Waals surface area contributed by atoms with Crippen LogP contribution in [-0.2, 0) is 0 Å². The van der Waals surface area contributed by atoms with Crippen molar-refractivity contribution < 1.29 is 9.53 Å². The lowest BCUT2D eigenvalue weighted by molar-refractivity contribution is 0.247. The molecule has 0 saturated carbocycles. The van der Waals surface area contributed by atoms with Gasteiger partial charge in [-0.1, -0.05) is 34.8 Å². The molecule has 2 rings (SSSR count). The van der Waals surface area contributed by atoms with Crippen molar-refractivity contribution in [1.82, 2.24) is 5.32 Å². The van der Waals surface area contributed by atoms with Gasteiger partial charge in [0.2, 0.25) is 0 Å². The number of amides is 2. The summed E-state index contributed by atoms with van der Waals surface area (Å²) in [5.41, 5.74) is 0.522. The maximum absolute atomic E-state index is 11.7. The summed E-state index contributed by atoms with van der Waals surface area (Å²) >= 11 is 17.5. The maximum atomic E-state index is 11.7. The number of anilines is 1. The first-order valence-electron chi connectivity index (χ1n) is 6.42. The number of carbonyl (C=O) groups is 1. The molecule has 0 unspecified atom stereocenters. The summed E-state index contributed by atoms with van der Waals surface area (Å²) in [5.74, 6) is 0.688. The molecule has 0 saturated heterocycles. The number of urea groups is 1. The van der Waals surface area contributed by atoms with Crippen LogP contribution in [0.1, 0.15) is 0 Å². The van der Waals surface area contributed by atoms with Gasteiger partial charge in [0.05, 0.1) is 6.54 Å². The Bertz CT molecular complexity index is 627. The molecule has 2 amide bonds. The van der Waals surface area contributed by atoms with E-state index in [1.807, 2.05) is 0 Å². The SMILES string of the molecule is O=C(NCCOc1ccc(Cl)cc1)Nc1cc(Cl)cc(Cl)c1. The van der Waals surface area contributed by atoms with Crippen molar-refractivity contribution in [2.24, 2.45) is 0 Å². The number of benzene rings is 2. The van der Waals surface area contributed by atoms with Gasteiger partial charge in [-0.15, -0.1) is 0 Å². The molecule has 0 spiro atoms. The molecule has 0 bridgehead atoms. The lowest BCUT2D eigenvalue weighted by Gasteiger charge is -2.09. The van der Waals surface area contributed by atoms with Gasteiger partial charge in [0.1, 0.15) is 12.4 Å². The second-order valence-corrected chi connectivity index (χ2v) is 5.65. The molecule has 0 aliphatic carbocycles. The van der Waals surface area contributed by atoms with Crippen molar-refractivity contribution in [2.45, 2.75) is 0 Å². The molecular formula is C15H13Cl3N2O2. The standard InChI is InChI=1S/C15H13Cl3N2O2/c16-10-1-3-14(4-2-10)22-6-5-19-15(21)20-13-8-11(17)7-12(18)9-13/h1-4,7-9H,5-6H2,(H2,19,20,21). The normalized spacial score (nSPS) is 10.1. The quantitative estimate of drug-likeness (QED) is 0.750. The van der Waals surface area contributed by atoms with Crippen LogP contribution in [0.3, 0.4) is 0 Å². The van der Waals surface area contributed by atoms with Gasteiger partial charge in [-0.25, -0.2) is 4.79 Å². The predicted octanol–water partition coefficient (Wildman–Crippen LogP) is 4.85. The van der Waals surface area contributed by atoms with Crippen molar-refractivity contribution in [3.63, 3.8) is 0 Å². The molecule has 0 radical (unpaired) electrons. The molecular weight excluding hydrogens is 347 g/mol. The van der Waals surface area contributed by atoms with Crippen LogP contribution in [-0.4, -0.2) is 19.2 Å². The first kappa shape index (κ1) is 16.7. The van der Waals surface area contributed by atoms with E-state index in [0.29, 0.717) is 39.7 Å². The number of nitrogens with one attached hydrogen (secondary N) is 2.